The van der Waals surface area contributed by atoms with Gasteiger partial charge >= 0.3 is 0 Å². The van der Waals surface area contributed by atoms with E-state index in [1.54, 1.807) is 12.1 Å². The highest BCUT2D eigenvalue weighted by molar-refractivity contribution is 7.09. The Morgan fingerprint density at radius 2 is 1.97 bits per heavy atom. The predicted octanol–water partition coefficient (Wildman–Crippen LogP) is 3.89. The Labute approximate surface area is 176 Å². The Hall–Kier alpha value is -2.94. The maximum atomic E-state index is 14.8. The minimum Gasteiger partial charge on any atom is -0.389 e. The maximum absolute atomic E-state index is 14.8. The zero-order valence-corrected chi connectivity index (χ0v) is 16.9. The summed E-state index contributed by atoms with van der Waals surface area (Å²) in [6.45, 7) is 2.98. The molecular formula is C22H19FN4O2S. The molecule has 0 unspecified atom stereocenters. The third-order valence-corrected chi connectivity index (χ3v) is 6.03. The van der Waals surface area contributed by atoms with Crippen molar-refractivity contribution in [2.24, 2.45) is 0 Å². The van der Waals surface area contributed by atoms with Crippen LogP contribution in [0.4, 0.5) is 10.1 Å². The van der Waals surface area contributed by atoms with E-state index in [0.717, 1.165) is 35.2 Å². The van der Waals surface area contributed by atoms with E-state index < -0.39 is 0 Å². The van der Waals surface area contributed by atoms with Gasteiger partial charge in [-0.05, 0) is 36.4 Å². The molecule has 4 aromatic rings. The standard InChI is InChI=1S/C22H19FN4O2S/c23-18-4-1-14(20-12-30-21(11-28)26-20)9-17(18)22-16-3-2-15(10-19(16)24-13-25-22)27-5-7-29-8-6-27/h1-4,9-10,12-13,28H,5-8,11H2. The third kappa shape index (κ3) is 3.54. The van der Waals surface area contributed by atoms with Crippen molar-refractivity contribution in [1.82, 2.24) is 15.0 Å². The number of hydrogen-bond donors (Lipinski definition) is 1. The molecule has 30 heavy (non-hydrogen) atoms. The molecule has 152 valence electrons. The van der Waals surface area contributed by atoms with Crippen molar-refractivity contribution in [3.63, 3.8) is 0 Å². The summed E-state index contributed by atoms with van der Waals surface area (Å²) >= 11 is 1.37. The van der Waals surface area contributed by atoms with E-state index in [1.165, 1.54) is 23.7 Å². The molecule has 0 spiro atoms. The normalized spacial score (nSPS) is 14.4. The van der Waals surface area contributed by atoms with Crippen LogP contribution in [0.3, 0.4) is 0 Å². The molecule has 2 aromatic carbocycles. The Kier molecular flexibility index (Phi) is 5.12. The molecule has 0 saturated carbocycles. The average Bonchev–Trinajstić information content (AvgIpc) is 3.29. The van der Waals surface area contributed by atoms with Gasteiger partial charge in [-0.25, -0.2) is 19.3 Å². The minimum atomic E-state index is -0.353. The van der Waals surface area contributed by atoms with Crippen LogP contribution in [0.5, 0.6) is 0 Å². The zero-order chi connectivity index (χ0) is 20.5. The average molecular weight is 422 g/mol. The van der Waals surface area contributed by atoms with Crippen molar-refractivity contribution < 1.29 is 14.2 Å². The second kappa shape index (κ2) is 8.06. The van der Waals surface area contributed by atoms with Gasteiger partial charge in [-0.3, -0.25) is 0 Å². The first-order valence-electron chi connectivity index (χ1n) is 9.66. The van der Waals surface area contributed by atoms with Crippen LogP contribution >= 0.6 is 11.3 Å². The summed E-state index contributed by atoms with van der Waals surface area (Å²) in [7, 11) is 0. The monoisotopic (exact) mass is 422 g/mol. The van der Waals surface area contributed by atoms with Gasteiger partial charge in [0.15, 0.2) is 0 Å². The molecule has 1 aliphatic heterocycles. The van der Waals surface area contributed by atoms with Crippen LogP contribution in [-0.2, 0) is 11.3 Å². The Morgan fingerprint density at radius 1 is 1.10 bits per heavy atom. The highest BCUT2D eigenvalue weighted by atomic mass is 32.1. The number of ether oxygens (including phenoxy) is 1. The predicted molar refractivity (Wildman–Crippen MR) is 115 cm³/mol. The molecule has 0 atom stereocenters. The highest BCUT2D eigenvalue weighted by Crippen LogP contribution is 2.33. The number of halogens is 1. The number of thiazole rings is 1. The van der Waals surface area contributed by atoms with Crippen LogP contribution < -0.4 is 4.90 Å². The molecule has 5 rings (SSSR count). The summed E-state index contributed by atoms with van der Waals surface area (Å²) in [5, 5.41) is 12.5. The lowest BCUT2D eigenvalue weighted by Gasteiger charge is -2.29. The quantitative estimate of drug-likeness (QED) is 0.538. The Bertz CT molecular complexity index is 1210. The van der Waals surface area contributed by atoms with Crippen molar-refractivity contribution >= 4 is 27.9 Å². The van der Waals surface area contributed by atoms with Crippen LogP contribution in [0.15, 0.2) is 48.1 Å². The lowest BCUT2D eigenvalue weighted by atomic mass is 10.0. The fourth-order valence-corrected chi connectivity index (χ4v) is 4.32. The number of fused-ring (bicyclic) bond motifs is 1. The summed E-state index contributed by atoms with van der Waals surface area (Å²) in [5.74, 6) is -0.353. The molecule has 1 saturated heterocycles. The number of aliphatic hydroxyl groups is 1. The van der Waals surface area contributed by atoms with E-state index in [9.17, 15) is 9.50 Å². The number of morpholine rings is 1. The van der Waals surface area contributed by atoms with Crippen LogP contribution in [-0.4, -0.2) is 46.4 Å². The second-order valence-electron chi connectivity index (χ2n) is 7.00. The molecule has 0 bridgehead atoms. The summed E-state index contributed by atoms with van der Waals surface area (Å²) in [4.78, 5) is 15.5. The number of hydrogen-bond acceptors (Lipinski definition) is 7. The second-order valence-corrected chi connectivity index (χ2v) is 7.95. The molecule has 0 aliphatic carbocycles. The summed E-state index contributed by atoms with van der Waals surface area (Å²) < 4.78 is 20.2. The first kappa shape index (κ1) is 19.0. The van der Waals surface area contributed by atoms with Gasteiger partial charge in [-0.2, -0.15) is 0 Å². The SMILES string of the molecule is OCc1nc(-c2ccc(F)c(-c3ncnc4cc(N5CCOCC5)ccc34)c2)cs1. The van der Waals surface area contributed by atoms with E-state index in [-0.39, 0.29) is 12.4 Å². The van der Waals surface area contributed by atoms with Gasteiger partial charge in [0.1, 0.15) is 17.2 Å². The molecule has 6 nitrogen and oxygen atoms in total. The Balaban J connectivity index is 1.57. The summed E-state index contributed by atoms with van der Waals surface area (Å²) in [6.07, 6.45) is 1.47. The number of aromatic nitrogens is 3. The molecule has 0 amide bonds. The molecule has 0 radical (unpaired) electrons. The van der Waals surface area contributed by atoms with E-state index >= 15 is 0 Å². The van der Waals surface area contributed by atoms with Gasteiger partial charge in [-0.15, -0.1) is 11.3 Å². The van der Waals surface area contributed by atoms with Crippen molar-refractivity contribution in [1.29, 1.82) is 0 Å². The smallest absolute Gasteiger partial charge is 0.132 e. The van der Waals surface area contributed by atoms with Crippen molar-refractivity contribution in [2.45, 2.75) is 6.61 Å². The molecule has 1 fully saturated rings. The van der Waals surface area contributed by atoms with Crippen LogP contribution in [0.25, 0.3) is 33.4 Å². The third-order valence-electron chi connectivity index (χ3n) is 5.20. The van der Waals surface area contributed by atoms with Gasteiger partial charge in [0, 0.05) is 40.7 Å². The van der Waals surface area contributed by atoms with Gasteiger partial charge in [0.05, 0.1) is 36.7 Å². The van der Waals surface area contributed by atoms with Crippen molar-refractivity contribution in [3.05, 3.63) is 58.9 Å². The molecule has 8 heteroatoms. The summed E-state index contributed by atoms with van der Waals surface area (Å²) in [6, 6.07) is 10.9. The number of aliphatic hydroxyl groups excluding tert-OH is 1. The number of nitrogens with zero attached hydrogens (tertiary/aromatic N) is 4. The van der Waals surface area contributed by atoms with E-state index in [1.807, 2.05) is 23.6 Å². The first-order chi connectivity index (χ1) is 14.7. The lowest BCUT2D eigenvalue weighted by molar-refractivity contribution is 0.122. The number of anilines is 1. The van der Waals surface area contributed by atoms with Crippen LogP contribution in [0, 0.1) is 5.82 Å². The molecule has 1 N–H and O–H groups in total. The van der Waals surface area contributed by atoms with Gasteiger partial charge in [0.2, 0.25) is 0 Å². The summed E-state index contributed by atoms with van der Waals surface area (Å²) in [5.41, 5.74) is 4.27. The van der Waals surface area contributed by atoms with E-state index in [4.69, 9.17) is 4.74 Å². The van der Waals surface area contributed by atoms with Gasteiger partial charge < -0.3 is 14.7 Å². The van der Waals surface area contributed by atoms with E-state index in [2.05, 4.69) is 19.9 Å². The topological polar surface area (TPSA) is 71.4 Å². The van der Waals surface area contributed by atoms with Gasteiger partial charge in [-0.1, -0.05) is 0 Å². The minimum absolute atomic E-state index is 0.110. The highest BCUT2D eigenvalue weighted by Gasteiger charge is 2.16. The van der Waals surface area contributed by atoms with Crippen molar-refractivity contribution in [3.8, 4) is 22.5 Å². The fourth-order valence-electron chi connectivity index (χ4n) is 3.66. The molecular weight excluding hydrogens is 403 g/mol. The zero-order valence-electron chi connectivity index (χ0n) is 16.1. The van der Waals surface area contributed by atoms with E-state index in [0.29, 0.717) is 35.2 Å². The fraction of sp³-hybridized carbons (Fsp3) is 0.227. The molecule has 2 aromatic heterocycles. The Morgan fingerprint density at radius 3 is 2.77 bits per heavy atom. The first-order valence-corrected chi connectivity index (χ1v) is 10.5. The van der Waals surface area contributed by atoms with Gasteiger partial charge in [0.25, 0.3) is 0 Å². The largest absolute Gasteiger partial charge is 0.389 e. The van der Waals surface area contributed by atoms with Crippen molar-refractivity contribution in [2.75, 3.05) is 31.2 Å². The lowest BCUT2D eigenvalue weighted by Crippen LogP contribution is -2.36. The number of benzene rings is 2. The maximum Gasteiger partial charge on any atom is 0.132 e. The van der Waals surface area contributed by atoms with Crippen LogP contribution in [0.2, 0.25) is 0 Å². The molecule has 1 aliphatic rings. The molecule has 3 heterocycles. The van der Waals surface area contributed by atoms with Crippen LogP contribution in [0.1, 0.15) is 5.01 Å². The number of rotatable bonds is 4.